The molecular weight excluding hydrogens is 280 g/mol. The van der Waals surface area contributed by atoms with Gasteiger partial charge in [-0.1, -0.05) is 25.7 Å². The molecule has 1 fully saturated rings. The molecule has 3 nitrogen and oxygen atoms in total. The summed E-state index contributed by atoms with van der Waals surface area (Å²) in [6, 6.07) is 8.80. The van der Waals surface area contributed by atoms with Crippen LogP contribution in [0.15, 0.2) is 29.2 Å². The summed E-state index contributed by atoms with van der Waals surface area (Å²) in [6.45, 7) is 1.54. The molecule has 0 heterocycles. The second-order valence-electron chi connectivity index (χ2n) is 5.75. The van der Waals surface area contributed by atoms with Gasteiger partial charge in [0.15, 0.2) is 0 Å². The van der Waals surface area contributed by atoms with E-state index in [1.54, 1.807) is 0 Å². The fraction of sp³-hybridized carbons (Fsp3) is 0.588. The highest BCUT2D eigenvalue weighted by molar-refractivity contribution is 8.00. The first-order valence-electron chi connectivity index (χ1n) is 7.90. The SMILES string of the molecule is CNC1CCCCCCC1Sc1ccc(NC(C)=O)cc1. The number of hydrogen-bond donors (Lipinski definition) is 2. The summed E-state index contributed by atoms with van der Waals surface area (Å²) in [4.78, 5) is 12.3. The van der Waals surface area contributed by atoms with Crippen LogP contribution in [-0.4, -0.2) is 24.2 Å². The Kier molecular flexibility index (Phi) is 6.58. The highest BCUT2D eigenvalue weighted by Gasteiger charge is 2.22. The van der Waals surface area contributed by atoms with Crippen LogP contribution in [0.25, 0.3) is 0 Å². The third-order valence-corrected chi connectivity index (χ3v) is 5.45. The van der Waals surface area contributed by atoms with Crippen LogP contribution < -0.4 is 10.6 Å². The lowest BCUT2D eigenvalue weighted by Gasteiger charge is -2.28. The summed E-state index contributed by atoms with van der Waals surface area (Å²) in [5.74, 6) is -0.0225. The zero-order valence-electron chi connectivity index (χ0n) is 13.0. The number of amides is 1. The summed E-state index contributed by atoms with van der Waals surface area (Å²) < 4.78 is 0. The molecule has 116 valence electrons. The van der Waals surface area contributed by atoms with E-state index in [-0.39, 0.29) is 5.91 Å². The number of rotatable bonds is 4. The van der Waals surface area contributed by atoms with E-state index in [0.717, 1.165) is 5.69 Å². The first-order chi connectivity index (χ1) is 10.2. The molecule has 2 atom stereocenters. The number of hydrogen-bond acceptors (Lipinski definition) is 3. The standard InChI is InChI=1S/C17H26N2OS/c1-13(20)19-14-9-11-15(12-10-14)21-17-8-6-4-3-5-7-16(17)18-2/h9-12,16-18H,3-8H2,1-2H3,(H,19,20). The fourth-order valence-corrected chi connectivity index (χ4v) is 4.28. The normalized spacial score (nSPS) is 23.1. The van der Waals surface area contributed by atoms with Crippen molar-refractivity contribution < 1.29 is 4.79 Å². The van der Waals surface area contributed by atoms with Crippen molar-refractivity contribution in [2.75, 3.05) is 12.4 Å². The Hall–Kier alpha value is -1.00. The van der Waals surface area contributed by atoms with Crippen LogP contribution in [0, 0.1) is 0 Å². The van der Waals surface area contributed by atoms with Gasteiger partial charge in [0.2, 0.25) is 5.91 Å². The Morgan fingerprint density at radius 1 is 1.10 bits per heavy atom. The van der Waals surface area contributed by atoms with Gasteiger partial charge < -0.3 is 10.6 Å². The molecule has 21 heavy (non-hydrogen) atoms. The number of benzene rings is 1. The summed E-state index contributed by atoms with van der Waals surface area (Å²) in [7, 11) is 2.08. The average molecular weight is 306 g/mol. The van der Waals surface area contributed by atoms with Crippen LogP contribution in [0.4, 0.5) is 5.69 Å². The van der Waals surface area contributed by atoms with E-state index in [1.165, 1.54) is 50.3 Å². The molecule has 0 aliphatic heterocycles. The molecule has 0 aromatic heterocycles. The van der Waals surface area contributed by atoms with Crippen LogP contribution in [0.5, 0.6) is 0 Å². The van der Waals surface area contributed by atoms with E-state index in [4.69, 9.17) is 0 Å². The van der Waals surface area contributed by atoms with Crippen molar-refractivity contribution in [1.82, 2.24) is 5.32 Å². The second kappa shape index (κ2) is 8.44. The van der Waals surface area contributed by atoms with Gasteiger partial charge in [0.05, 0.1) is 0 Å². The van der Waals surface area contributed by atoms with Crippen molar-refractivity contribution in [1.29, 1.82) is 0 Å². The lowest BCUT2D eigenvalue weighted by atomic mass is 9.96. The maximum atomic E-state index is 11.0. The lowest BCUT2D eigenvalue weighted by Crippen LogP contribution is -2.36. The Bertz CT molecular complexity index is 447. The van der Waals surface area contributed by atoms with Gasteiger partial charge in [-0.3, -0.25) is 4.79 Å². The summed E-state index contributed by atoms with van der Waals surface area (Å²) in [5, 5.41) is 6.96. The van der Waals surface area contributed by atoms with Crippen molar-refractivity contribution in [2.24, 2.45) is 0 Å². The monoisotopic (exact) mass is 306 g/mol. The van der Waals surface area contributed by atoms with Gasteiger partial charge in [0.25, 0.3) is 0 Å². The van der Waals surface area contributed by atoms with E-state index in [9.17, 15) is 4.79 Å². The predicted octanol–water partition coefficient (Wildman–Crippen LogP) is 4.05. The summed E-state index contributed by atoms with van der Waals surface area (Å²) in [6.07, 6.45) is 7.97. The lowest BCUT2D eigenvalue weighted by molar-refractivity contribution is -0.114. The molecule has 0 spiro atoms. The highest BCUT2D eigenvalue weighted by atomic mass is 32.2. The number of nitrogens with one attached hydrogen (secondary N) is 2. The smallest absolute Gasteiger partial charge is 0.221 e. The van der Waals surface area contributed by atoms with E-state index >= 15 is 0 Å². The van der Waals surface area contributed by atoms with Crippen molar-refractivity contribution in [3.05, 3.63) is 24.3 Å². The summed E-state index contributed by atoms with van der Waals surface area (Å²) >= 11 is 1.97. The van der Waals surface area contributed by atoms with Crippen molar-refractivity contribution in [2.45, 2.75) is 61.6 Å². The molecule has 0 radical (unpaired) electrons. The number of carbonyl (C=O) groups excluding carboxylic acids is 1. The van der Waals surface area contributed by atoms with Gasteiger partial charge >= 0.3 is 0 Å². The van der Waals surface area contributed by atoms with Gasteiger partial charge in [-0.25, -0.2) is 0 Å². The van der Waals surface area contributed by atoms with E-state index in [2.05, 4.69) is 29.8 Å². The van der Waals surface area contributed by atoms with Gasteiger partial charge in [-0.2, -0.15) is 0 Å². The zero-order valence-corrected chi connectivity index (χ0v) is 13.8. The largest absolute Gasteiger partial charge is 0.326 e. The van der Waals surface area contributed by atoms with Crippen molar-refractivity contribution in [3.8, 4) is 0 Å². The minimum absolute atomic E-state index is 0.0225. The van der Waals surface area contributed by atoms with Crippen molar-refractivity contribution >= 4 is 23.4 Å². The molecule has 1 amide bonds. The first-order valence-corrected chi connectivity index (χ1v) is 8.78. The first kappa shape index (κ1) is 16.4. The number of thioether (sulfide) groups is 1. The molecule has 1 aliphatic carbocycles. The second-order valence-corrected chi connectivity index (χ2v) is 7.06. The molecule has 4 heteroatoms. The average Bonchev–Trinajstić information content (AvgIpc) is 2.43. The molecule has 1 aliphatic rings. The molecule has 1 aromatic carbocycles. The molecule has 0 bridgehead atoms. The van der Waals surface area contributed by atoms with Gasteiger partial charge in [0.1, 0.15) is 0 Å². The quantitative estimate of drug-likeness (QED) is 0.882. The Morgan fingerprint density at radius 2 is 1.76 bits per heavy atom. The number of anilines is 1. The minimum atomic E-state index is -0.0225. The van der Waals surface area contributed by atoms with E-state index < -0.39 is 0 Å². The Morgan fingerprint density at radius 3 is 2.38 bits per heavy atom. The topological polar surface area (TPSA) is 41.1 Å². The third kappa shape index (κ3) is 5.36. The predicted molar refractivity (Wildman–Crippen MR) is 90.9 cm³/mol. The van der Waals surface area contributed by atoms with Crippen LogP contribution in [0.1, 0.15) is 45.4 Å². The maximum absolute atomic E-state index is 11.0. The minimum Gasteiger partial charge on any atom is -0.326 e. The van der Waals surface area contributed by atoms with E-state index in [0.29, 0.717) is 11.3 Å². The Balaban J connectivity index is 1.98. The molecule has 2 rings (SSSR count). The van der Waals surface area contributed by atoms with Gasteiger partial charge in [0, 0.05) is 28.8 Å². The Labute approximate surface area is 132 Å². The maximum Gasteiger partial charge on any atom is 0.221 e. The van der Waals surface area contributed by atoms with Crippen molar-refractivity contribution in [3.63, 3.8) is 0 Å². The molecule has 1 saturated carbocycles. The molecule has 2 N–H and O–H groups in total. The molecule has 0 saturated heterocycles. The highest BCUT2D eigenvalue weighted by Crippen LogP contribution is 2.33. The van der Waals surface area contributed by atoms with Crippen LogP contribution >= 0.6 is 11.8 Å². The van der Waals surface area contributed by atoms with Crippen LogP contribution in [0.2, 0.25) is 0 Å². The third-order valence-electron chi connectivity index (χ3n) is 4.04. The van der Waals surface area contributed by atoms with Crippen LogP contribution in [-0.2, 0) is 4.79 Å². The zero-order chi connectivity index (χ0) is 15.1. The van der Waals surface area contributed by atoms with Crippen LogP contribution in [0.3, 0.4) is 0 Å². The summed E-state index contributed by atoms with van der Waals surface area (Å²) in [5.41, 5.74) is 0.870. The number of carbonyl (C=O) groups is 1. The molecule has 2 unspecified atom stereocenters. The van der Waals surface area contributed by atoms with Gasteiger partial charge in [-0.05, 0) is 44.2 Å². The van der Waals surface area contributed by atoms with Gasteiger partial charge in [-0.15, -0.1) is 11.8 Å². The molecular formula is C17H26N2OS. The molecule has 1 aromatic rings. The van der Waals surface area contributed by atoms with E-state index in [1.807, 2.05) is 23.9 Å². The fourth-order valence-electron chi connectivity index (χ4n) is 2.92.